The molecule has 0 spiro atoms. The van der Waals surface area contributed by atoms with E-state index in [9.17, 15) is 4.79 Å². The van der Waals surface area contributed by atoms with E-state index in [1.165, 1.54) is 12.8 Å². The largest absolute Gasteiger partial charge is 0.338 e. The summed E-state index contributed by atoms with van der Waals surface area (Å²) in [4.78, 5) is 22.0. The monoisotopic (exact) mass is 361 g/mol. The number of hydrogen-bond donors (Lipinski definition) is 0. The molecule has 2 aliphatic heterocycles. The van der Waals surface area contributed by atoms with Gasteiger partial charge in [-0.1, -0.05) is 13.0 Å². The number of hydrogen-bond acceptors (Lipinski definition) is 4. The molecule has 1 aromatic rings. The van der Waals surface area contributed by atoms with E-state index < -0.39 is 0 Å². The van der Waals surface area contributed by atoms with Gasteiger partial charge in [-0.25, -0.2) is 4.98 Å². The summed E-state index contributed by atoms with van der Waals surface area (Å²) in [5.41, 5.74) is 0. The van der Waals surface area contributed by atoms with E-state index in [4.69, 9.17) is 0 Å². The number of nitrogens with zero attached hydrogens (tertiary/aromatic N) is 3. The van der Waals surface area contributed by atoms with E-state index in [0.29, 0.717) is 17.2 Å². The average molecular weight is 362 g/mol. The first-order valence-corrected chi connectivity index (χ1v) is 10.7. The zero-order chi connectivity index (χ0) is 17.6. The number of carbonyl (C=O) groups is 1. The number of aromatic nitrogens is 1. The molecule has 1 aromatic heterocycles. The van der Waals surface area contributed by atoms with Crippen LogP contribution in [0.15, 0.2) is 29.4 Å². The first-order valence-electron chi connectivity index (χ1n) is 9.81. The van der Waals surface area contributed by atoms with Crippen molar-refractivity contribution in [3.63, 3.8) is 0 Å². The highest BCUT2D eigenvalue weighted by Crippen LogP contribution is 2.30. The summed E-state index contributed by atoms with van der Waals surface area (Å²) >= 11 is 1.89. The molecule has 0 unspecified atom stereocenters. The van der Waals surface area contributed by atoms with Crippen LogP contribution in [0.4, 0.5) is 0 Å². The Bertz CT molecular complexity index is 545. The minimum absolute atomic E-state index is 0.0213. The molecule has 0 aliphatic carbocycles. The second kappa shape index (κ2) is 9.04. The normalized spacial score (nSPS) is 24.2. The second-order valence-corrected chi connectivity index (χ2v) is 8.61. The molecule has 0 N–H and O–H groups in total. The van der Waals surface area contributed by atoms with Gasteiger partial charge in [0, 0.05) is 24.0 Å². The predicted molar refractivity (Wildman–Crippen MR) is 104 cm³/mol. The van der Waals surface area contributed by atoms with Crippen LogP contribution in [-0.4, -0.2) is 57.7 Å². The summed E-state index contributed by atoms with van der Waals surface area (Å²) in [6.07, 6.45) is 8.83. The van der Waals surface area contributed by atoms with Gasteiger partial charge in [-0.15, -0.1) is 11.8 Å². The number of carbonyl (C=O) groups excluding carboxylic acids is 1. The number of piperidine rings is 2. The van der Waals surface area contributed by atoms with Crippen molar-refractivity contribution < 1.29 is 4.79 Å². The Morgan fingerprint density at radius 1 is 1.24 bits per heavy atom. The van der Waals surface area contributed by atoms with Gasteiger partial charge in [-0.3, -0.25) is 9.69 Å². The van der Waals surface area contributed by atoms with Crippen LogP contribution < -0.4 is 0 Å². The first kappa shape index (κ1) is 18.7. The van der Waals surface area contributed by atoms with Crippen molar-refractivity contribution in [2.45, 2.75) is 74.7 Å². The lowest BCUT2D eigenvalue weighted by atomic mass is 9.98. The van der Waals surface area contributed by atoms with E-state index in [0.717, 1.165) is 50.3 Å². The fourth-order valence-electron chi connectivity index (χ4n) is 4.08. The lowest BCUT2D eigenvalue weighted by Gasteiger charge is -2.41. The Morgan fingerprint density at radius 3 is 2.72 bits per heavy atom. The zero-order valence-corrected chi connectivity index (χ0v) is 16.4. The quantitative estimate of drug-likeness (QED) is 0.799. The number of amides is 1. The standard InChI is InChI=1S/C20H31N3OS/c1-3-17-8-5-7-13-23(17)20(24)16(2)22-14-10-18(11-15-22)25-19-9-4-6-12-21-19/h4,6,9,12,16-18H,3,5,7-8,10-11,13-15H2,1-2H3/t16-,17+/m0/s1. The molecule has 2 atom stereocenters. The Morgan fingerprint density at radius 2 is 2.04 bits per heavy atom. The molecule has 138 valence electrons. The van der Waals surface area contributed by atoms with Crippen LogP contribution in [0.2, 0.25) is 0 Å². The van der Waals surface area contributed by atoms with Crippen molar-refractivity contribution >= 4 is 17.7 Å². The van der Waals surface area contributed by atoms with Crippen molar-refractivity contribution in [2.75, 3.05) is 19.6 Å². The third-order valence-electron chi connectivity index (χ3n) is 5.69. The van der Waals surface area contributed by atoms with Crippen LogP contribution in [-0.2, 0) is 4.79 Å². The van der Waals surface area contributed by atoms with Crippen molar-refractivity contribution in [3.05, 3.63) is 24.4 Å². The number of pyridine rings is 1. The molecule has 2 fully saturated rings. The molecule has 4 nitrogen and oxygen atoms in total. The average Bonchev–Trinajstić information content (AvgIpc) is 2.68. The molecule has 2 saturated heterocycles. The summed E-state index contributed by atoms with van der Waals surface area (Å²) in [5, 5.41) is 1.73. The van der Waals surface area contributed by atoms with Crippen LogP contribution in [0, 0.1) is 0 Å². The molecule has 2 aliphatic rings. The van der Waals surface area contributed by atoms with E-state index in [1.807, 2.05) is 30.1 Å². The van der Waals surface area contributed by atoms with Crippen LogP contribution in [0.3, 0.4) is 0 Å². The van der Waals surface area contributed by atoms with E-state index >= 15 is 0 Å². The van der Waals surface area contributed by atoms with Gasteiger partial charge in [-0.2, -0.15) is 0 Å². The number of likely N-dealkylation sites (tertiary alicyclic amines) is 2. The van der Waals surface area contributed by atoms with Gasteiger partial charge in [0.2, 0.25) is 5.91 Å². The molecule has 25 heavy (non-hydrogen) atoms. The van der Waals surface area contributed by atoms with Gasteiger partial charge in [-0.05, 0) is 70.7 Å². The maximum atomic E-state index is 13.0. The Kier molecular flexibility index (Phi) is 6.77. The van der Waals surface area contributed by atoms with Crippen molar-refractivity contribution in [1.82, 2.24) is 14.8 Å². The highest BCUT2D eigenvalue weighted by Gasteiger charge is 2.33. The fraction of sp³-hybridized carbons (Fsp3) is 0.700. The van der Waals surface area contributed by atoms with Gasteiger partial charge < -0.3 is 4.90 Å². The van der Waals surface area contributed by atoms with Gasteiger partial charge in [0.25, 0.3) is 0 Å². The third kappa shape index (κ3) is 4.76. The molecule has 0 radical (unpaired) electrons. The SMILES string of the molecule is CC[C@@H]1CCCCN1C(=O)[C@H](C)N1CCC(Sc2ccccn2)CC1. The maximum Gasteiger partial charge on any atom is 0.239 e. The van der Waals surface area contributed by atoms with Crippen LogP contribution in [0.25, 0.3) is 0 Å². The molecule has 5 heteroatoms. The van der Waals surface area contributed by atoms with E-state index in [-0.39, 0.29) is 6.04 Å². The van der Waals surface area contributed by atoms with Crippen molar-refractivity contribution in [2.24, 2.45) is 0 Å². The Labute approximate surface area is 156 Å². The lowest BCUT2D eigenvalue weighted by molar-refractivity contribution is -0.140. The molecule has 0 saturated carbocycles. The second-order valence-electron chi connectivity index (χ2n) is 7.29. The van der Waals surface area contributed by atoms with Gasteiger partial charge in [0.1, 0.15) is 0 Å². The first-order chi connectivity index (χ1) is 12.2. The van der Waals surface area contributed by atoms with E-state index in [2.05, 4.69) is 34.7 Å². The predicted octanol–water partition coefficient (Wildman–Crippen LogP) is 3.82. The number of thioether (sulfide) groups is 1. The topological polar surface area (TPSA) is 36.4 Å². The Balaban J connectivity index is 1.50. The number of rotatable bonds is 5. The molecular formula is C20H31N3OS. The molecule has 0 aromatic carbocycles. The van der Waals surface area contributed by atoms with Crippen LogP contribution >= 0.6 is 11.8 Å². The fourth-order valence-corrected chi connectivity index (χ4v) is 5.15. The van der Waals surface area contributed by atoms with Crippen LogP contribution in [0.1, 0.15) is 52.4 Å². The van der Waals surface area contributed by atoms with Gasteiger partial charge >= 0.3 is 0 Å². The molecular weight excluding hydrogens is 330 g/mol. The smallest absolute Gasteiger partial charge is 0.239 e. The summed E-state index contributed by atoms with van der Waals surface area (Å²) in [6, 6.07) is 6.58. The maximum absolute atomic E-state index is 13.0. The van der Waals surface area contributed by atoms with Crippen molar-refractivity contribution in [1.29, 1.82) is 0 Å². The van der Waals surface area contributed by atoms with Gasteiger partial charge in [0.05, 0.1) is 11.1 Å². The summed E-state index contributed by atoms with van der Waals surface area (Å²) < 4.78 is 0. The van der Waals surface area contributed by atoms with Crippen LogP contribution in [0.5, 0.6) is 0 Å². The summed E-state index contributed by atoms with van der Waals surface area (Å²) in [7, 11) is 0. The lowest BCUT2D eigenvalue weighted by Crippen LogP contribution is -2.53. The zero-order valence-electron chi connectivity index (χ0n) is 15.6. The highest BCUT2D eigenvalue weighted by molar-refractivity contribution is 7.99. The van der Waals surface area contributed by atoms with E-state index in [1.54, 1.807) is 0 Å². The molecule has 3 heterocycles. The Hall–Kier alpha value is -1.07. The minimum atomic E-state index is 0.0213. The van der Waals surface area contributed by atoms with Gasteiger partial charge in [0.15, 0.2) is 0 Å². The summed E-state index contributed by atoms with van der Waals surface area (Å²) in [5.74, 6) is 0.349. The molecule has 0 bridgehead atoms. The third-order valence-corrected chi connectivity index (χ3v) is 6.98. The highest BCUT2D eigenvalue weighted by atomic mass is 32.2. The molecule has 1 amide bonds. The molecule has 3 rings (SSSR count). The minimum Gasteiger partial charge on any atom is -0.338 e. The summed E-state index contributed by atoms with van der Waals surface area (Å²) in [6.45, 7) is 7.30. The van der Waals surface area contributed by atoms with Crippen molar-refractivity contribution in [3.8, 4) is 0 Å².